The summed E-state index contributed by atoms with van der Waals surface area (Å²) in [5.41, 5.74) is 3.45. The van der Waals surface area contributed by atoms with Gasteiger partial charge in [-0.25, -0.2) is 4.98 Å². The molecular weight excluding hydrogens is 286 g/mol. The van der Waals surface area contributed by atoms with E-state index in [2.05, 4.69) is 54.6 Å². The van der Waals surface area contributed by atoms with Gasteiger partial charge >= 0.3 is 0 Å². The summed E-state index contributed by atoms with van der Waals surface area (Å²) in [5, 5.41) is 0. The van der Waals surface area contributed by atoms with E-state index >= 15 is 0 Å². The van der Waals surface area contributed by atoms with Crippen LogP contribution in [0, 0.1) is 12.8 Å². The molecule has 3 rings (SSSR count). The van der Waals surface area contributed by atoms with Crippen molar-refractivity contribution in [2.45, 2.75) is 52.7 Å². The van der Waals surface area contributed by atoms with E-state index in [0.29, 0.717) is 6.10 Å². The van der Waals surface area contributed by atoms with Crippen LogP contribution in [-0.4, -0.2) is 40.1 Å². The van der Waals surface area contributed by atoms with Crippen LogP contribution in [0.15, 0.2) is 24.5 Å². The highest BCUT2D eigenvalue weighted by Gasteiger charge is 2.21. The summed E-state index contributed by atoms with van der Waals surface area (Å²) in [7, 11) is 0. The Balaban J connectivity index is 1.56. The largest absolute Gasteiger partial charge is 0.376 e. The summed E-state index contributed by atoms with van der Waals surface area (Å²) < 4.78 is 8.05. The van der Waals surface area contributed by atoms with E-state index in [1.165, 1.54) is 24.8 Å². The van der Waals surface area contributed by atoms with Gasteiger partial charge in [-0.3, -0.25) is 4.90 Å². The number of rotatable bonds is 6. The van der Waals surface area contributed by atoms with Gasteiger partial charge in [0.2, 0.25) is 0 Å². The summed E-state index contributed by atoms with van der Waals surface area (Å²) in [4.78, 5) is 7.24. The summed E-state index contributed by atoms with van der Waals surface area (Å²) in [6.07, 6.45) is 8.38. The predicted molar refractivity (Wildman–Crippen MR) is 93.6 cm³/mol. The van der Waals surface area contributed by atoms with Gasteiger partial charge in [-0.15, -0.1) is 0 Å². The van der Waals surface area contributed by atoms with Crippen molar-refractivity contribution < 1.29 is 4.74 Å². The Bertz CT molecular complexity index is 635. The molecule has 0 spiro atoms. The summed E-state index contributed by atoms with van der Waals surface area (Å²) >= 11 is 0. The number of morpholine rings is 1. The van der Waals surface area contributed by atoms with Gasteiger partial charge in [0.25, 0.3) is 0 Å². The Hall–Kier alpha value is -1.39. The Kier molecular flexibility index (Phi) is 5.34. The normalized spacial score (nSPS) is 19.7. The first-order valence-corrected chi connectivity index (χ1v) is 8.88. The highest BCUT2D eigenvalue weighted by molar-refractivity contribution is 5.42. The molecule has 4 nitrogen and oxygen atoms in total. The maximum absolute atomic E-state index is 5.94. The van der Waals surface area contributed by atoms with E-state index in [4.69, 9.17) is 9.72 Å². The summed E-state index contributed by atoms with van der Waals surface area (Å²) in [6, 6.07) is 4.26. The Morgan fingerprint density at radius 3 is 3.09 bits per heavy atom. The van der Waals surface area contributed by atoms with Gasteiger partial charge in [0, 0.05) is 32.0 Å². The van der Waals surface area contributed by atoms with E-state index < -0.39 is 0 Å². The van der Waals surface area contributed by atoms with Crippen molar-refractivity contribution in [1.82, 2.24) is 14.3 Å². The number of nitrogens with zero attached hydrogens (tertiary/aromatic N) is 3. The van der Waals surface area contributed by atoms with Crippen molar-refractivity contribution in [3.63, 3.8) is 0 Å². The quantitative estimate of drug-likeness (QED) is 0.814. The number of ether oxygens (including phenoxy) is 1. The molecule has 3 heterocycles. The molecule has 0 saturated carbocycles. The smallest absolute Gasteiger partial charge is 0.137 e. The SMILES string of the molecule is Cc1ccn2cc(CN3CCO[C@@H](CCCC(C)C)C3)nc2c1. The molecule has 0 amide bonds. The molecule has 0 radical (unpaired) electrons. The second-order valence-electron chi connectivity index (χ2n) is 7.25. The zero-order valence-electron chi connectivity index (χ0n) is 14.7. The lowest BCUT2D eigenvalue weighted by molar-refractivity contribution is -0.0363. The second-order valence-corrected chi connectivity index (χ2v) is 7.25. The lowest BCUT2D eigenvalue weighted by atomic mass is 10.0. The number of hydrogen-bond donors (Lipinski definition) is 0. The minimum absolute atomic E-state index is 0.391. The number of aromatic nitrogens is 2. The third-order valence-electron chi connectivity index (χ3n) is 4.58. The highest BCUT2D eigenvalue weighted by Crippen LogP contribution is 2.17. The molecule has 1 aliphatic heterocycles. The number of hydrogen-bond acceptors (Lipinski definition) is 3. The number of pyridine rings is 1. The van der Waals surface area contributed by atoms with Crippen molar-refractivity contribution >= 4 is 5.65 Å². The second kappa shape index (κ2) is 7.45. The van der Waals surface area contributed by atoms with Crippen molar-refractivity contribution in [3.05, 3.63) is 35.8 Å². The Labute approximate surface area is 139 Å². The average Bonchev–Trinajstić information content (AvgIpc) is 2.88. The predicted octanol–water partition coefficient (Wildman–Crippen LogP) is 3.67. The molecule has 2 aromatic rings. The minimum atomic E-state index is 0.391. The molecule has 0 N–H and O–H groups in total. The third-order valence-corrected chi connectivity index (χ3v) is 4.58. The third kappa shape index (κ3) is 4.55. The molecule has 0 aliphatic carbocycles. The molecule has 23 heavy (non-hydrogen) atoms. The van der Waals surface area contributed by atoms with Gasteiger partial charge in [-0.1, -0.05) is 26.7 Å². The van der Waals surface area contributed by atoms with Crippen molar-refractivity contribution in [1.29, 1.82) is 0 Å². The molecule has 0 bridgehead atoms. The fraction of sp³-hybridized carbons (Fsp3) is 0.632. The molecule has 1 atom stereocenters. The molecular formula is C19H29N3O. The van der Waals surface area contributed by atoms with Crippen LogP contribution in [-0.2, 0) is 11.3 Å². The van der Waals surface area contributed by atoms with Crippen molar-refractivity contribution in [2.75, 3.05) is 19.7 Å². The Morgan fingerprint density at radius 2 is 2.26 bits per heavy atom. The summed E-state index contributed by atoms with van der Waals surface area (Å²) in [5.74, 6) is 0.788. The molecule has 126 valence electrons. The summed E-state index contributed by atoms with van der Waals surface area (Å²) in [6.45, 7) is 10.5. The van der Waals surface area contributed by atoms with E-state index in [1.54, 1.807) is 0 Å². The van der Waals surface area contributed by atoms with Gasteiger partial charge < -0.3 is 9.14 Å². The van der Waals surface area contributed by atoms with E-state index in [0.717, 1.165) is 43.5 Å². The fourth-order valence-electron chi connectivity index (χ4n) is 3.29. The van der Waals surface area contributed by atoms with E-state index in [1.807, 2.05) is 0 Å². The minimum Gasteiger partial charge on any atom is -0.376 e. The molecule has 0 aromatic carbocycles. The average molecular weight is 315 g/mol. The van der Waals surface area contributed by atoms with Gasteiger partial charge in [-0.2, -0.15) is 0 Å². The number of aryl methyl sites for hydroxylation is 1. The van der Waals surface area contributed by atoms with Crippen molar-refractivity contribution in [2.24, 2.45) is 5.92 Å². The molecule has 1 saturated heterocycles. The van der Waals surface area contributed by atoms with Crippen LogP contribution in [0.4, 0.5) is 0 Å². The maximum atomic E-state index is 5.94. The van der Waals surface area contributed by atoms with Gasteiger partial charge in [0.05, 0.1) is 18.4 Å². The monoisotopic (exact) mass is 315 g/mol. The van der Waals surface area contributed by atoms with E-state index in [-0.39, 0.29) is 0 Å². The van der Waals surface area contributed by atoms with Crippen LogP contribution in [0.25, 0.3) is 5.65 Å². The first-order chi connectivity index (χ1) is 11.1. The van der Waals surface area contributed by atoms with Gasteiger partial charge in [-0.05, 0) is 37.0 Å². The van der Waals surface area contributed by atoms with Crippen molar-refractivity contribution in [3.8, 4) is 0 Å². The van der Waals surface area contributed by atoms with Crippen LogP contribution in [0.2, 0.25) is 0 Å². The molecule has 1 aliphatic rings. The van der Waals surface area contributed by atoms with Gasteiger partial charge in [0.1, 0.15) is 5.65 Å². The molecule has 2 aromatic heterocycles. The lowest BCUT2D eigenvalue weighted by Gasteiger charge is -2.32. The molecule has 1 fully saturated rings. The van der Waals surface area contributed by atoms with Crippen LogP contribution < -0.4 is 0 Å². The van der Waals surface area contributed by atoms with Gasteiger partial charge in [0.15, 0.2) is 0 Å². The Morgan fingerprint density at radius 1 is 1.39 bits per heavy atom. The van der Waals surface area contributed by atoms with E-state index in [9.17, 15) is 0 Å². The first-order valence-electron chi connectivity index (χ1n) is 8.88. The fourth-order valence-corrected chi connectivity index (χ4v) is 3.29. The highest BCUT2D eigenvalue weighted by atomic mass is 16.5. The number of imidazole rings is 1. The number of fused-ring (bicyclic) bond motifs is 1. The molecule has 4 heteroatoms. The standard InChI is InChI=1S/C19H29N3O/c1-15(2)5-4-6-18-14-21(9-10-23-18)12-17-13-22-8-7-16(3)11-19(22)20-17/h7-8,11,13,15,18H,4-6,9-10,12,14H2,1-3H3/t18-/m0/s1. The topological polar surface area (TPSA) is 29.8 Å². The van der Waals surface area contributed by atoms with Crippen LogP contribution in [0.1, 0.15) is 44.4 Å². The molecule has 0 unspecified atom stereocenters. The van der Waals surface area contributed by atoms with Crippen LogP contribution in [0.3, 0.4) is 0 Å². The maximum Gasteiger partial charge on any atom is 0.137 e. The lowest BCUT2D eigenvalue weighted by Crippen LogP contribution is -2.41. The van der Waals surface area contributed by atoms with Crippen LogP contribution >= 0.6 is 0 Å². The first kappa shape index (κ1) is 16.5. The zero-order chi connectivity index (χ0) is 16.2. The zero-order valence-corrected chi connectivity index (χ0v) is 14.7. The van der Waals surface area contributed by atoms with Crippen LogP contribution in [0.5, 0.6) is 0 Å².